The highest BCUT2D eigenvalue weighted by Gasteiger charge is 2.27. The van der Waals surface area contributed by atoms with E-state index in [-0.39, 0.29) is 19.0 Å². The van der Waals surface area contributed by atoms with Crippen LogP contribution >= 0.6 is 0 Å². The van der Waals surface area contributed by atoms with Crippen LogP contribution in [0, 0.1) is 0 Å². The monoisotopic (exact) mass is 251 g/mol. The topological polar surface area (TPSA) is 74.7 Å². The number of aliphatic carboxylic acids is 1. The lowest BCUT2D eigenvalue weighted by molar-refractivity contribution is -0.137. The second-order valence-corrected chi connectivity index (χ2v) is 6.74. The molecular weight excluding hydrogens is 230 g/mol. The van der Waals surface area contributed by atoms with Gasteiger partial charge in [0.05, 0.1) is 5.25 Å². The predicted octanol–water partition coefficient (Wildman–Crippen LogP) is 1.30. The minimum atomic E-state index is -3.30. The van der Waals surface area contributed by atoms with Crippen molar-refractivity contribution in [1.29, 1.82) is 0 Å². The average molecular weight is 251 g/mol. The quantitative estimate of drug-likeness (QED) is 0.740. The molecule has 0 rings (SSSR count). The third-order valence-corrected chi connectivity index (χ3v) is 4.72. The van der Waals surface area contributed by atoms with Crippen molar-refractivity contribution in [2.45, 2.75) is 51.8 Å². The summed E-state index contributed by atoms with van der Waals surface area (Å²) in [5.74, 6) is -0.898. The molecule has 5 nitrogen and oxygen atoms in total. The highest BCUT2D eigenvalue weighted by Crippen LogP contribution is 2.13. The standard InChI is InChI=1S/C10H21NO4S/c1-8(2)11(7-5-6-10(12)13)16(14,15)9(3)4/h8-9H,5-7H2,1-4H3,(H,12,13). The molecule has 6 heteroatoms. The van der Waals surface area contributed by atoms with E-state index in [9.17, 15) is 13.2 Å². The van der Waals surface area contributed by atoms with Gasteiger partial charge >= 0.3 is 5.97 Å². The molecule has 0 unspecified atom stereocenters. The number of rotatable bonds is 7. The first kappa shape index (κ1) is 15.4. The third kappa shape index (κ3) is 4.49. The number of hydrogen-bond donors (Lipinski definition) is 1. The van der Waals surface area contributed by atoms with Gasteiger partial charge in [-0.15, -0.1) is 0 Å². The molecule has 0 heterocycles. The Kier molecular flexibility index (Phi) is 5.96. The first-order valence-electron chi connectivity index (χ1n) is 5.42. The number of sulfonamides is 1. The molecule has 0 aromatic rings. The van der Waals surface area contributed by atoms with Crippen molar-refractivity contribution < 1.29 is 18.3 Å². The Bertz CT molecular complexity index is 322. The molecule has 1 N–H and O–H groups in total. The largest absolute Gasteiger partial charge is 0.481 e. The van der Waals surface area contributed by atoms with Gasteiger partial charge in [-0.05, 0) is 34.1 Å². The summed E-state index contributed by atoms with van der Waals surface area (Å²) < 4.78 is 25.2. The van der Waals surface area contributed by atoms with Crippen LogP contribution in [-0.4, -0.2) is 41.6 Å². The molecule has 0 aliphatic heterocycles. The molecule has 0 bridgehead atoms. The van der Waals surface area contributed by atoms with Crippen LogP contribution in [0.5, 0.6) is 0 Å². The van der Waals surface area contributed by atoms with Crippen molar-refractivity contribution in [3.63, 3.8) is 0 Å². The average Bonchev–Trinajstić information content (AvgIpc) is 2.10. The fourth-order valence-corrected chi connectivity index (χ4v) is 2.85. The number of hydrogen-bond acceptors (Lipinski definition) is 3. The summed E-state index contributed by atoms with van der Waals surface area (Å²) in [6.45, 7) is 7.11. The Hall–Kier alpha value is -0.620. The van der Waals surface area contributed by atoms with Crippen molar-refractivity contribution in [2.75, 3.05) is 6.54 Å². The van der Waals surface area contributed by atoms with Gasteiger partial charge in [-0.25, -0.2) is 8.42 Å². The Labute approximate surface area is 97.5 Å². The lowest BCUT2D eigenvalue weighted by atomic mass is 10.3. The highest BCUT2D eigenvalue weighted by atomic mass is 32.2. The van der Waals surface area contributed by atoms with E-state index in [1.165, 1.54) is 4.31 Å². The van der Waals surface area contributed by atoms with Crippen LogP contribution in [0.3, 0.4) is 0 Å². The van der Waals surface area contributed by atoms with Gasteiger partial charge < -0.3 is 5.11 Å². The van der Waals surface area contributed by atoms with Crippen molar-refractivity contribution in [1.82, 2.24) is 4.31 Å². The van der Waals surface area contributed by atoms with E-state index >= 15 is 0 Å². The van der Waals surface area contributed by atoms with Gasteiger partial charge in [-0.3, -0.25) is 4.79 Å². The molecule has 0 aromatic heterocycles. The van der Waals surface area contributed by atoms with E-state index in [0.29, 0.717) is 6.42 Å². The molecule has 0 aromatic carbocycles. The molecule has 0 saturated heterocycles. The lowest BCUT2D eigenvalue weighted by Gasteiger charge is -2.27. The van der Waals surface area contributed by atoms with Crippen LogP contribution in [0.15, 0.2) is 0 Å². The van der Waals surface area contributed by atoms with Crippen molar-refractivity contribution in [3.05, 3.63) is 0 Å². The maximum atomic E-state index is 11.9. The predicted molar refractivity (Wildman–Crippen MR) is 62.8 cm³/mol. The third-order valence-electron chi connectivity index (χ3n) is 2.27. The second kappa shape index (κ2) is 6.20. The summed E-state index contributed by atoms with van der Waals surface area (Å²) >= 11 is 0. The van der Waals surface area contributed by atoms with Crippen LogP contribution in [0.25, 0.3) is 0 Å². The van der Waals surface area contributed by atoms with E-state index < -0.39 is 21.2 Å². The summed E-state index contributed by atoms with van der Waals surface area (Å²) in [5.41, 5.74) is 0. The summed E-state index contributed by atoms with van der Waals surface area (Å²) in [5, 5.41) is 8.04. The Balaban J connectivity index is 4.58. The van der Waals surface area contributed by atoms with Crippen LogP contribution in [0.2, 0.25) is 0 Å². The van der Waals surface area contributed by atoms with Gasteiger partial charge in [-0.2, -0.15) is 4.31 Å². The molecule has 16 heavy (non-hydrogen) atoms. The van der Waals surface area contributed by atoms with Crippen molar-refractivity contribution in [3.8, 4) is 0 Å². The summed E-state index contributed by atoms with van der Waals surface area (Å²) in [4.78, 5) is 10.4. The number of carboxylic acid groups (broad SMARTS) is 1. The van der Waals surface area contributed by atoms with Gasteiger partial charge in [0, 0.05) is 19.0 Å². The minimum absolute atomic E-state index is 0.00314. The Morgan fingerprint density at radius 3 is 2.06 bits per heavy atom. The van der Waals surface area contributed by atoms with Gasteiger partial charge in [0.1, 0.15) is 0 Å². The number of carbonyl (C=O) groups is 1. The van der Waals surface area contributed by atoms with Crippen LogP contribution in [0.1, 0.15) is 40.5 Å². The zero-order valence-corrected chi connectivity index (χ0v) is 11.1. The van der Waals surface area contributed by atoms with Gasteiger partial charge in [0.25, 0.3) is 0 Å². The summed E-state index contributed by atoms with van der Waals surface area (Å²) in [7, 11) is -3.30. The van der Waals surface area contributed by atoms with Gasteiger partial charge in [0.2, 0.25) is 10.0 Å². The van der Waals surface area contributed by atoms with E-state index in [1.54, 1.807) is 27.7 Å². The molecule has 0 atom stereocenters. The molecular formula is C10H21NO4S. The van der Waals surface area contributed by atoms with Crippen LogP contribution < -0.4 is 0 Å². The molecule has 0 aliphatic carbocycles. The van der Waals surface area contributed by atoms with E-state index in [0.717, 1.165) is 0 Å². The fraction of sp³-hybridized carbons (Fsp3) is 0.900. The first-order chi connectivity index (χ1) is 7.19. The van der Waals surface area contributed by atoms with E-state index in [2.05, 4.69) is 0 Å². The molecule has 0 amide bonds. The summed E-state index contributed by atoms with van der Waals surface area (Å²) in [6.07, 6.45) is 0.344. The zero-order chi connectivity index (χ0) is 12.9. The number of carboxylic acids is 1. The number of nitrogens with zero attached hydrogens (tertiary/aromatic N) is 1. The smallest absolute Gasteiger partial charge is 0.303 e. The molecule has 0 aliphatic rings. The van der Waals surface area contributed by atoms with Crippen LogP contribution in [0.4, 0.5) is 0 Å². The van der Waals surface area contributed by atoms with E-state index in [1.807, 2.05) is 0 Å². The molecule has 0 spiro atoms. The van der Waals surface area contributed by atoms with Gasteiger partial charge in [-0.1, -0.05) is 0 Å². The molecule has 0 radical (unpaired) electrons. The maximum Gasteiger partial charge on any atom is 0.303 e. The Morgan fingerprint density at radius 2 is 1.75 bits per heavy atom. The Morgan fingerprint density at radius 1 is 1.25 bits per heavy atom. The molecule has 0 saturated carbocycles. The van der Waals surface area contributed by atoms with E-state index in [4.69, 9.17) is 5.11 Å². The second-order valence-electron chi connectivity index (χ2n) is 4.30. The first-order valence-corrected chi connectivity index (χ1v) is 6.92. The van der Waals surface area contributed by atoms with Crippen LogP contribution in [-0.2, 0) is 14.8 Å². The SMILES string of the molecule is CC(C)N(CCCC(=O)O)S(=O)(=O)C(C)C. The normalized spacial score (nSPS) is 12.7. The lowest BCUT2D eigenvalue weighted by Crippen LogP contribution is -2.41. The van der Waals surface area contributed by atoms with Gasteiger partial charge in [0.15, 0.2) is 0 Å². The zero-order valence-electron chi connectivity index (χ0n) is 10.3. The van der Waals surface area contributed by atoms with Crippen molar-refractivity contribution >= 4 is 16.0 Å². The highest BCUT2D eigenvalue weighted by molar-refractivity contribution is 7.89. The fourth-order valence-electron chi connectivity index (χ4n) is 1.34. The maximum absolute atomic E-state index is 11.9. The molecule has 96 valence electrons. The minimum Gasteiger partial charge on any atom is -0.481 e. The van der Waals surface area contributed by atoms with Crippen molar-refractivity contribution in [2.24, 2.45) is 0 Å². The molecule has 0 fully saturated rings. The summed E-state index contributed by atoms with van der Waals surface area (Å²) in [6, 6.07) is -0.138.